The number of ether oxygens (including phenoxy) is 1. The van der Waals surface area contributed by atoms with Gasteiger partial charge in [0.2, 0.25) is 0 Å². The van der Waals surface area contributed by atoms with Gasteiger partial charge in [-0.05, 0) is 18.2 Å². The van der Waals surface area contributed by atoms with Crippen LogP contribution in [-0.2, 0) is 6.18 Å². The number of benzene rings is 1. The molecule has 0 spiro atoms. The van der Waals surface area contributed by atoms with E-state index in [2.05, 4.69) is 4.98 Å². The van der Waals surface area contributed by atoms with Crippen LogP contribution in [0.25, 0.3) is 10.6 Å². The summed E-state index contributed by atoms with van der Waals surface area (Å²) in [6, 6.07) is 3.34. The molecule has 0 radical (unpaired) electrons. The summed E-state index contributed by atoms with van der Waals surface area (Å²) in [6.07, 6.45) is -3.16. The largest absolute Gasteiger partial charge is 0.490 e. The number of rotatable bonds is 3. The molecule has 0 atom stereocenters. The first-order valence-corrected chi connectivity index (χ1v) is 8.48. The minimum Gasteiger partial charge on any atom is -0.490 e. The topological polar surface area (TPSA) is 62.7 Å². The van der Waals surface area contributed by atoms with Crippen molar-refractivity contribution in [1.82, 2.24) is 9.88 Å². The van der Waals surface area contributed by atoms with Crippen molar-refractivity contribution in [2.24, 2.45) is 0 Å². The van der Waals surface area contributed by atoms with Crippen LogP contribution in [0.4, 0.5) is 18.0 Å². The first kappa shape index (κ1) is 17.5. The second-order valence-electron chi connectivity index (χ2n) is 5.63. The number of likely N-dealkylation sites (tertiary alicyclic amines) is 1. The monoisotopic (exact) mass is 372 g/mol. The minimum atomic E-state index is -4.45. The van der Waals surface area contributed by atoms with Crippen LogP contribution in [0.2, 0.25) is 0 Å². The number of hydrogen-bond acceptors (Lipinski definition) is 4. The number of nitrogens with zero attached hydrogens (tertiary/aromatic N) is 2. The summed E-state index contributed by atoms with van der Waals surface area (Å²) in [5.41, 5.74) is -0.462. The highest BCUT2D eigenvalue weighted by atomic mass is 32.1. The van der Waals surface area contributed by atoms with Crippen LogP contribution in [-0.4, -0.2) is 40.3 Å². The Kier molecular flexibility index (Phi) is 4.85. The third kappa shape index (κ3) is 4.04. The fraction of sp³-hybridized carbons (Fsp3) is 0.375. The summed E-state index contributed by atoms with van der Waals surface area (Å²) < 4.78 is 44.9. The predicted molar refractivity (Wildman–Crippen MR) is 85.8 cm³/mol. The quantitative estimate of drug-likeness (QED) is 0.870. The van der Waals surface area contributed by atoms with Gasteiger partial charge >= 0.3 is 12.3 Å². The highest BCUT2D eigenvalue weighted by Gasteiger charge is 2.32. The van der Waals surface area contributed by atoms with Crippen molar-refractivity contribution >= 4 is 17.4 Å². The Labute approximate surface area is 145 Å². The highest BCUT2D eigenvalue weighted by molar-refractivity contribution is 7.13. The Balaban J connectivity index is 1.83. The van der Waals surface area contributed by atoms with Gasteiger partial charge in [-0.15, -0.1) is 11.3 Å². The van der Waals surface area contributed by atoms with E-state index in [0.29, 0.717) is 42.3 Å². The number of aromatic nitrogens is 1. The average Bonchev–Trinajstić information content (AvgIpc) is 3.09. The Bertz CT molecular complexity index is 742. The van der Waals surface area contributed by atoms with Gasteiger partial charge in [-0.25, -0.2) is 9.78 Å². The van der Waals surface area contributed by atoms with Gasteiger partial charge in [0.05, 0.1) is 11.1 Å². The maximum absolute atomic E-state index is 13.0. The number of carboxylic acid groups (broad SMARTS) is 1. The van der Waals surface area contributed by atoms with E-state index >= 15 is 0 Å². The van der Waals surface area contributed by atoms with Gasteiger partial charge in [-0.2, -0.15) is 13.2 Å². The lowest BCUT2D eigenvalue weighted by Crippen LogP contribution is -2.41. The molecular weight excluding hydrogens is 357 g/mol. The zero-order valence-electron chi connectivity index (χ0n) is 13.0. The van der Waals surface area contributed by atoms with Gasteiger partial charge in [0.1, 0.15) is 16.9 Å². The predicted octanol–water partition coefficient (Wildman–Crippen LogP) is 4.35. The summed E-state index contributed by atoms with van der Waals surface area (Å²) in [4.78, 5) is 16.3. The molecule has 0 bridgehead atoms. The fourth-order valence-electron chi connectivity index (χ4n) is 2.68. The Morgan fingerprint density at radius 1 is 1.32 bits per heavy atom. The molecule has 25 heavy (non-hydrogen) atoms. The maximum Gasteiger partial charge on any atom is 0.416 e. The lowest BCUT2D eigenvalue weighted by atomic mass is 10.1. The first-order valence-electron chi connectivity index (χ1n) is 7.60. The molecule has 1 aliphatic heterocycles. The van der Waals surface area contributed by atoms with Crippen LogP contribution in [0.5, 0.6) is 5.75 Å². The second-order valence-corrected chi connectivity index (χ2v) is 6.53. The van der Waals surface area contributed by atoms with Crippen LogP contribution in [0.3, 0.4) is 0 Å². The van der Waals surface area contributed by atoms with Crippen LogP contribution in [0.15, 0.2) is 29.8 Å². The Morgan fingerprint density at radius 2 is 2.04 bits per heavy atom. The van der Waals surface area contributed by atoms with E-state index in [9.17, 15) is 18.0 Å². The number of hydrogen-bond donors (Lipinski definition) is 1. The maximum atomic E-state index is 13.0. The standard InChI is InChI=1S/C16H15F3N2O3S/c17-16(18,19)10-1-2-13(12(9-10)14-20-5-8-25-14)24-11-3-6-21(7-4-11)15(22)23/h1-2,5,8-9,11H,3-4,6-7H2,(H,22,23). The van der Waals surface area contributed by atoms with Crippen molar-refractivity contribution < 1.29 is 27.8 Å². The molecule has 134 valence electrons. The summed E-state index contributed by atoms with van der Waals surface area (Å²) in [5.74, 6) is 0.330. The molecule has 1 saturated heterocycles. The van der Waals surface area contributed by atoms with Crippen LogP contribution < -0.4 is 4.74 Å². The van der Waals surface area contributed by atoms with Crippen LogP contribution in [0.1, 0.15) is 18.4 Å². The molecule has 1 aromatic heterocycles. The molecule has 3 rings (SSSR count). The summed E-state index contributed by atoms with van der Waals surface area (Å²) in [6.45, 7) is 0.681. The third-order valence-electron chi connectivity index (χ3n) is 3.98. The Hall–Kier alpha value is -2.29. The van der Waals surface area contributed by atoms with E-state index in [1.165, 1.54) is 28.5 Å². The van der Waals surface area contributed by atoms with Crippen molar-refractivity contribution in [3.63, 3.8) is 0 Å². The first-order chi connectivity index (χ1) is 11.8. The van der Waals surface area contributed by atoms with Gasteiger partial charge in [0, 0.05) is 37.5 Å². The highest BCUT2D eigenvalue weighted by Crippen LogP contribution is 2.38. The van der Waals surface area contributed by atoms with E-state index < -0.39 is 17.8 Å². The SMILES string of the molecule is O=C(O)N1CCC(Oc2ccc(C(F)(F)F)cc2-c2nccs2)CC1. The molecule has 0 saturated carbocycles. The molecule has 1 fully saturated rings. The molecule has 1 amide bonds. The van der Waals surface area contributed by atoms with Gasteiger partial charge in [0.15, 0.2) is 0 Å². The molecule has 0 unspecified atom stereocenters. The second kappa shape index (κ2) is 6.91. The molecule has 2 heterocycles. The summed E-state index contributed by atoms with van der Waals surface area (Å²) in [5, 5.41) is 11.1. The van der Waals surface area contributed by atoms with E-state index in [1.807, 2.05) is 0 Å². The molecule has 9 heteroatoms. The molecule has 2 aromatic rings. The zero-order chi connectivity index (χ0) is 18.0. The summed E-state index contributed by atoms with van der Waals surface area (Å²) >= 11 is 1.23. The minimum absolute atomic E-state index is 0.244. The zero-order valence-corrected chi connectivity index (χ0v) is 13.8. The third-order valence-corrected chi connectivity index (χ3v) is 4.78. The number of carbonyl (C=O) groups is 1. The van der Waals surface area contributed by atoms with Crippen molar-refractivity contribution in [1.29, 1.82) is 0 Å². The van der Waals surface area contributed by atoms with Crippen molar-refractivity contribution in [3.8, 4) is 16.3 Å². The molecule has 5 nitrogen and oxygen atoms in total. The van der Waals surface area contributed by atoms with Crippen molar-refractivity contribution in [2.75, 3.05) is 13.1 Å². The van der Waals surface area contributed by atoms with Gasteiger partial charge in [0.25, 0.3) is 0 Å². The van der Waals surface area contributed by atoms with Crippen LogP contribution >= 0.6 is 11.3 Å². The smallest absolute Gasteiger partial charge is 0.416 e. The van der Waals surface area contributed by atoms with Crippen LogP contribution in [0, 0.1) is 0 Å². The number of halogens is 3. The van der Waals surface area contributed by atoms with Gasteiger partial charge in [-0.3, -0.25) is 0 Å². The van der Waals surface area contributed by atoms with E-state index in [1.54, 1.807) is 5.38 Å². The molecule has 1 N–H and O–H groups in total. The molecule has 0 aliphatic carbocycles. The number of amides is 1. The van der Waals surface area contributed by atoms with Crippen molar-refractivity contribution in [3.05, 3.63) is 35.3 Å². The lowest BCUT2D eigenvalue weighted by Gasteiger charge is -2.30. The number of piperidine rings is 1. The number of thiazole rings is 1. The summed E-state index contributed by atoms with van der Waals surface area (Å²) in [7, 11) is 0. The fourth-order valence-corrected chi connectivity index (χ4v) is 3.34. The lowest BCUT2D eigenvalue weighted by molar-refractivity contribution is -0.137. The normalized spacial score (nSPS) is 16.0. The van der Waals surface area contributed by atoms with E-state index in [4.69, 9.17) is 9.84 Å². The molecule has 1 aromatic carbocycles. The van der Waals surface area contributed by atoms with Crippen molar-refractivity contribution in [2.45, 2.75) is 25.1 Å². The number of alkyl halides is 3. The average molecular weight is 372 g/mol. The van der Waals surface area contributed by atoms with E-state index in [0.717, 1.165) is 12.1 Å². The van der Waals surface area contributed by atoms with Gasteiger partial charge in [-0.1, -0.05) is 0 Å². The molecular formula is C16H15F3N2O3S. The Morgan fingerprint density at radius 3 is 2.60 bits per heavy atom. The van der Waals surface area contributed by atoms with Gasteiger partial charge < -0.3 is 14.7 Å². The molecule has 1 aliphatic rings. The van der Waals surface area contributed by atoms with E-state index in [-0.39, 0.29) is 6.10 Å².